The van der Waals surface area contributed by atoms with Crippen LogP contribution in [0.5, 0.6) is 0 Å². The number of likely N-dealkylation sites (tertiary alicyclic amines) is 1. The molecule has 1 saturated heterocycles. The minimum absolute atomic E-state index is 0.107. The second-order valence-electron chi connectivity index (χ2n) is 6.43. The molecule has 0 bridgehead atoms. The normalized spacial score (nSPS) is 19.7. The SMILES string of the molecule is Cc1cc(N)cc(C(=O)N2CCCC(C(C)C)CC2)c1F. The highest BCUT2D eigenvalue weighted by atomic mass is 19.1. The Morgan fingerprint density at radius 1 is 1.33 bits per heavy atom. The Hall–Kier alpha value is -1.58. The van der Waals surface area contributed by atoms with Crippen LogP contribution in [0.1, 0.15) is 49.0 Å². The number of benzene rings is 1. The third kappa shape index (κ3) is 3.55. The molecule has 2 N–H and O–H groups in total. The monoisotopic (exact) mass is 292 g/mol. The summed E-state index contributed by atoms with van der Waals surface area (Å²) in [7, 11) is 0. The topological polar surface area (TPSA) is 46.3 Å². The minimum Gasteiger partial charge on any atom is -0.399 e. The number of amides is 1. The van der Waals surface area contributed by atoms with Gasteiger partial charge in [-0.05, 0) is 55.7 Å². The van der Waals surface area contributed by atoms with Gasteiger partial charge in [0.25, 0.3) is 5.91 Å². The van der Waals surface area contributed by atoms with Crippen molar-refractivity contribution in [3.8, 4) is 0 Å². The van der Waals surface area contributed by atoms with Gasteiger partial charge in [0.15, 0.2) is 0 Å². The van der Waals surface area contributed by atoms with Gasteiger partial charge in [-0.1, -0.05) is 13.8 Å². The number of anilines is 1. The number of nitrogens with two attached hydrogens (primary N) is 1. The summed E-state index contributed by atoms with van der Waals surface area (Å²) in [6.45, 7) is 7.50. The molecule has 4 heteroatoms. The van der Waals surface area contributed by atoms with Crippen LogP contribution in [-0.2, 0) is 0 Å². The van der Waals surface area contributed by atoms with Crippen LogP contribution in [0, 0.1) is 24.6 Å². The summed E-state index contributed by atoms with van der Waals surface area (Å²) in [5.74, 6) is 0.604. The lowest BCUT2D eigenvalue weighted by atomic mass is 9.89. The molecule has 0 aromatic heterocycles. The Morgan fingerprint density at radius 3 is 2.71 bits per heavy atom. The van der Waals surface area contributed by atoms with Crippen LogP contribution in [0.2, 0.25) is 0 Å². The predicted molar refractivity (Wildman–Crippen MR) is 83.6 cm³/mol. The number of aryl methyl sites for hydroxylation is 1. The van der Waals surface area contributed by atoms with Crippen LogP contribution in [-0.4, -0.2) is 23.9 Å². The van der Waals surface area contributed by atoms with E-state index in [9.17, 15) is 9.18 Å². The molecule has 0 radical (unpaired) electrons. The molecule has 0 saturated carbocycles. The van der Waals surface area contributed by atoms with Crippen molar-refractivity contribution in [3.63, 3.8) is 0 Å². The van der Waals surface area contributed by atoms with Gasteiger partial charge in [0.05, 0.1) is 5.56 Å². The fourth-order valence-electron chi connectivity index (χ4n) is 3.12. The van der Waals surface area contributed by atoms with Gasteiger partial charge in [-0.2, -0.15) is 0 Å². The van der Waals surface area contributed by atoms with Gasteiger partial charge in [0.2, 0.25) is 0 Å². The Kier molecular flexibility index (Phi) is 4.86. The summed E-state index contributed by atoms with van der Waals surface area (Å²) in [4.78, 5) is 14.4. The number of hydrogen-bond acceptors (Lipinski definition) is 2. The summed E-state index contributed by atoms with van der Waals surface area (Å²) in [6.07, 6.45) is 3.11. The van der Waals surface area contributed by atoms with E-state index in [0.717, 1.165) is 19.3 Å². The predicted octanol–water partition coefficient (Wildman–Crippen LogP) is 3.61. The van der Waals surface area contributed by atoms with Crippen molar-refractivity contribution < 1.29 is 9.18 Å². The standard InChI is InChI=1S/C17H25FN2O/c1-11(2)13-5-4-7-20(8-6-13)17(21)15-10-14(19)9-12(3)16(15)18/h9-11,13H,4-8,19H2,1-3H3. The van der Waals surface area contributed by atoms with Gasteiger partial charge < -0.3 is 10.6 Å². The number of carbonyl (C=O) groups is 1. The molecule has 1 aromatic carbocycles. The molecule has 0 aliphatic carbocycles. The molecule has 2 rings (SSSR count). The first-order chi connectivity index (χ1) is 9.90. The summed E-state index contributed by atoms with van der Waals surface area (Å²) in [6, 6.07) is 3.01. The van der Waals surface area contributed by atoms with Crippen molar-refractivity contribution in [2.75, 3.05) is 18.8 Å². The maximum absolute atomic E-state index is 14.2. The van der Waals surface area contributed by atoms with Gasteiger partial charge in [-0.3, -0.25) is 4.79 Å². The third-order valence-electron chi connectivity index (χ3n) is 4.51. The van der Waals surface area contributed by atoms with E-state index in [4.69, 9.17) is 5.73 Å². The highest BCUT2D eigenvalue weighted by molar-refractivity contribution is 5.95. The molecular weight excluding hydrogens is 267 g/mol. The van der Waals surface area contributed by atoms with Gasteiger partial charge >= 0.3 is 0 Å². The lowest BCUT2D eigenvalue weighted by Gasteiger charge is -2.22. The highest BCUT2D eigenvalue weighted by Gasteiger charge is 2.25. The van der Waals surface area contributed by atoms with Crippen LogP contribution in [0.3, 0.4) is 0 Å². The van der Waals surface area contributed by atoms with Gasteiger partial charge in [0.1, 0.15) is 5.82 Å². The van der Waals surface area contributed by atoms with Crippen molar-refractivity contribution in [2.45, 2.75) is 40.0 Å². The molecule has 1 aliphatic heterocycles. The molecule has 1 aliphatic rings. The molecule has 1 aromatic rings. The van der Waals surface area contributed by atoms with E-state index in [1.165, 1.54) is 6.07 Å². The molecule has 3 nitrogen and oxygen atoms in total. The first-order valence-corrected chi connectivity index (χ1v) is 7.75. The van der Waals surface area contributed by atoms with Crippen LogP contribution in [0.4, 0.5) is 10.1 Å². The van der Waals surface area contributed by atoms with E-state index < -0.39 is 5.82 Å². The maximum Gasteiger partial charge on any atom is 0.256 e. The third-order valence-corrected chi connectivity index (χ3v) is 4.51. The van der Waals surface area contributed by atoms with Crippen molar-refractivity contribution in [1.29, 1.82) is 0 Å². The van der Waals surface area contributed by atoms with E-state index in [1.54, 1.807) is 17.9 Å². The molecule has 1 amide bonds. The number of carbonyl (C=O) groups excluding carboxylic acids is 1. The summed E-state index contributed by atoms with van der Waals surface area (Å²) in [5, 5.41) is 0. The highest BCUT2D eigenvalue weighted by Crippen LogP contribution is 2.26. The molecule has 116 valence electrons. The minimum atomic E-state index is -0.446. The van der Waals surface area contributed by atoms with E-state index in [-0.39, 0.29) is 11.5 Å². The number of rotatable bonds is 2. The molecular formula is C17H25FN2O. The second-order valence-corrected chi connectivity index (χ2v) is 6.43. The lowest BCUT2D eigenvalue weighted by molar-refractivity contribution is 0.0754. The molecule has 1 fully saturated rings. The van der Waals surface area contributed by atoms with E-state index in [2.05, 4.69) is 13.8 Å². The fourth-order valence-corrected chi connectivity index (χ4v) is 3.12. The molecule has 0 spiro atoms. The molecule has 1 heterocycles. The summed E-state index contributed by atoms with van der Waals surface area (Å²) < 4.78 is 14.2. The van der Waals surface area contributed by atoms with Crippen molar-refractivity contribution in [3.05, 3.63) is 29.1 Å². The van der Waals surface area contributed by atoms with E-state index in [1.807, 2.05) is 0 Å². The largest absolute Gasteiger partial charge is 0.399 e. The summed E-state index contributed by atoms with van der Waals surface area (Å²) in [5.41, 5.74) is 6.72. The quantitative estimate of drug-likeness (QED) is 0.846. The average molecular weight is 292 g/mol. The Bertz CT molecular complexity index is 528. The van der Waals surface area contributed by atoms with Crippen LogP contribution < -0.4 is 5.73 Å². The van der Waals surface area contributed by atoms with Crippen molar-refractivity contribution in [2.24, 2.45) is 11.8 Å². The zero-order chi connectivity index (χ0) is 15.6. The van der Waals surface area contributed by atoms with Crippen molar-refractivity contribution >= 4 is 11.6 Å². The Labute approximate surface area is 126 Å². The van der Waals surface area contributed by atoms with Crippen molar-refractivity contribution in [1.82, 2.24) is 4.90 Å². The first-order valence-electron chi connectivity index (χ1n) is 7.75. The van der Waals surface area contributed by atoms with Crippen LogP contribution in [0.25, 0.3) is 0 Å². The van der Waals surface area contributed by atoms with Crippen LogP contribution in [0.15, 0.2) is 12.1 Å². The zero-order valence-corrected chi connectivity index (χ0v) is 13.2. The fraction of sp³-hybridized carbons (Fsp3) is 0.588. The maximum atomic E-state index is 14.2. The first kappa shape index (κ1) is 15.8. The molecule has 21 heavy (non-hydrogen) atoms. The number of halogens is 1. The molecule has 1 atom stereocenters. The number of nitrogen functional groups attached to an aromatic ring is 1. The zero-order valence-electron chi connectivity index (χ0n) is 13.2. The van der Waals surface area contributed by atoms with Crippen LogP contribution >= 0.6 is 0 Å². The smallest absolute Gasteiger partial charge is 0.256 e. The Morgan fingerprint density at radius 2 is 2.05 bits per heavy atom. The van der Waals surface area contributed by atoms with Gasteiger partial charge in [-0.15, -0.1) is 0 Å². The second kappa shape index (κ2) is 6.46. The van der Waals surface area contributed by atoms with Gasteiger partial charge in [0, 0.05) is 18.8 Å². The number of nitrogens with zero attached hydrogens (tertiary/aromatic N) is 1. The lowest BCUT2D eigenvalue weighted by Crippen LogP contribution is -2.33. The summed E-state index contributed by atoms with van der Waals surface area (Å²) >= 11 is 0. The Balaban J connectivity index is 2.17. The van der Waals surface area contributed by atoms with Gasteiger partial charge in [-0.25, -0.2) is 4.39 Å². The number of hydrogen-bond donors (Lipinski definition) is 1. The van der Waals surface area contributed by atoms with E-state index >= 15 is 0 Å². The average Bonchev–Trinajstić information content (AvgIpc) is 2.68. The van der Waals surface area contributed by atoms with E-state index in [0.29, 0.717) is 36.2 Å². The molecule has 1 unspecified atom stereocenters.